The van der Waals surface area contributed by atoms with Crippen LogP contribution >= 0.6 is 0 Å². The van der Waals surface area contributed by atoms with Crippen molar-refractivity contribution in [2.75, 3.05) is 44.4 Å². The first-order valence-electron chi connectivity index (χ1n) is 7.94. The number of carbonyl (C=O) groups excluding carboxylic acids is 1. The average Bonchev–Trinajstić information content (AvgIpc) is 2.67. The summed E-state index contributed by atoms with van der Waals surface area (Å²) in [5.74, 6) is 1.22. The first-order chi connectivity index (χ1) is 11.8. The van der Waals surface area contributed by atoms with Crippen molar-refractivity contribution >= 4 is 11.7 Å². The summed E-state index contributed by atoms with van der Waals surface area (Å²) in [5, 5.41) is 2.81. The van der Waals surface area contributed by atoms with Gasteiger partial charge in [0.25, 0.3) is 5.91 Å². The first kappa shape index (κ1) is 16.2. The monoisotopic (exact) mass is 328 g/mol. The number of nitrogens with zero attached hydrogens (tertiary/aromatic N) is 3. The zero-order chi connectivity index (χ0) is 16.6. The number of rotatable bonds is 6. The SMILES string of the molecule is O=C(NCCOc1cc(N2CCOCC2)ncn1)c1ccccc1. The highest BCUT2D eigenvalue weighted by molar-refractivity contribution is 5.94. The van der Waals surface area contributed by atoms with Gasteiger partial charge in [-0.15, -0.1) is 0 Å². The third kappa shape index (κ3) is 4.42. The second-order valence-corrected chi connectivity index (χ2v) is 5.28. The normalized spacial score (nSPS) is 14.2. The summed E-state index contributed by atoms with van der Waals surface area (Å²) >= 11 is 0. The van der Waals surface area contributed by atoms with Crippen LogP contribution in [0.4, 0.5) is 5.82 Å². The van der Waals surface area contributed by atoms with Crippen LogP contribution in [0.2, 0.25) is 0 Å². The Balaban J connectivity index is 1.46. The van der Waals surface area contributed by atoms with Crippen molar-refractivity contribution in [3.05, 3.63) is 48.3 Å². The summed E-state index contributed by atoms with van der Waals surface area (Å²) in [5.41, 5.74) is 0.633. The van der Waals surface area contributed by atoms with Crippen molar-refractivity contribution in [1.29, 1.82) is 0 Å². The highest BCUT2D eigenvalue weighted by Crippen LogP contribution is 2.16. The van der Waals surface area contributed by atoms with Crippen molar-refractivity contribution in [1.82, 2.24) is 15.3 Å². The molecular weight excluding hydrogens is 308 g/mol. The van der Waals surface area contributed by atoms with E-state index in [1.54, 1.807) is 12.1 Å². The Kier molecular flexibility index (Phi) is 5.57. The van der Waals surface area contributed by atoms with Crippen LogP contribution in [0.15, 0.2) is 42.7 Å². The first-order valence-corrected chi connectivity index (χ1v) is 7.94. The van der Waals surface area contributed by atoms with Crippen LogP contribution in [-0.4, -0.2) is 55.3 Å². The van der Waals surface area contributed by atoms with Gasteiger partial charge in [-0.3, -0.25) is 4.79 Å². The average molecular weight is 328 g/mol. The van der Waals surface area contributed by atoms with Crippen LogP contribution in [0.25, 0.3) is 0 Å². The number of benzene rings is 1. The number of amides is 1. The van der Waals surface area contributed by atoms with Gasteiger partial charge in [-0.2, -0.15) is 0 Å². The van der Waals surface area contributed by atoms with E-state index in [1.165, 1.54) is 6.33 Å². The van der Waals surface area contributed by atoms with E-state index in [4.69, 9.17) is 9.47 Å². The lowest BCUT2D eigenvalue weighted by Crippen LogP contribution is -2.36. The maximum Gasteiger partial charge on any atom is 0.251 e. The summed E-state index contributed by atoms with van der Waals surface area (Å²) in [4.78, 5) is 22.4. The Hall–Kier alpha value is -2.67. The van der Waals surface area contributed by atoms with E-state index in [9.17, 15) is 4.79 Å². The summed E-state index contributed by atoms with van der Waals surface area (Å²) in [7, 11) is 0. The van der Waals surface area contributed by atoms with Crippen molar-refractivity contribution < 1.29 is 14.3 Å². The fraction of sp³-hybridized carbons (Fsp3) is 0.353. The molecule has 7 nitrogen and oxygen atoms in total. The molecule has 0 unspecified atom stereocenters. The van der Waals surface area contributed by atoms with Gasteiger partial charge in [0.2, 0.25) is 5.88 Å². The molecule has 24 heavy (non-hydrogen) atoms. The summed E-state index contributed by atoms with van der Waals surface area (Å²) < 4.78 is 10.9. The molecular formula is C17H20N4O3. The molecule has 1 aliphatic rings. The molecule has 1 fully saturated rings. The summed E-state index contributed by atoms with van der Waals surface area (Å²) in [6.45, 7) is 3.77. The van der Waals surface area contributed by atoms with E-state index in [1.807, 2.05) is 24.3 Å². The lowest BCUT2D eigenvalue weighted by molar-refractivity contribution is 0.0946. The van der Waals surface area contributed by atoms with E-state index in [-0.39, 0.29) is 5.91 Å². The summed E-state index contributed by atoms with van der Waals surface area (Å²) in [6, 6.07) is 10.9. The van der Waals surface area contributed by atoms with Gasteiger partial charge in [0.05, 0.1) is 19.8 Å². The lowest BCUT2D eigenvalue weighted by Gasteiger charge is -2.27. The third-order valence-electron chi connectivity index (χ3n) is 3.64. The Morgan fingerprint density at radius 3 is 2.79 bits per heavy atom. The molecule has 1 N–H and O–H groups in total. The van der Waals surface area contributed by atoms with Crippen molar-refractivity contribution in [2.24, 2.45) is 0 Å². The minimum atomic E-state index is -0.115. The Morgan fingerprint density at radius 1 is 1.21 bits per heavy atom. The maximum absolute atomic E-state index is 11.9. The smallest absolute Gasteiger partial charge is 0.251 e. The minimum Gasteiger partial charge on any atom is -0.476 e. The number of hydrogen-bond donors (Lipinski definition) is 1. The van der Waals surface area contributed by atoms with Crippen LogP contribution in [0.5, 0.6) is 5.88 Å². The number of hydrogen-bond acceptors (Lipinski definition) is 6. The van der Waals surface area contributed by atoms with Gasteiger partial charge >= 0.3 is 0 Å². The largest absolute Gasteiger partial charge is 0.476 e. The zero-order valence-corrected chi connectivity index (χ0v) is 13.4. The van der Waals surface area contributed by atoms with Crippen molar-refractivity contribution in [2.45, 2.75) is 0 Å². The minimum absolute atomic E-state index is 0.115. The Labute approximate surface area is 140 Å². The van der Waals surface area contributed by atoms with Crippen molar-refractivity contribution in [3.63, 3.8) is 0 Å². The predicted molar refractivity (Wildman–Crippen MR) is 89.3 cm³/mol. The van der Waals surface area contributed by atoms with Crippen LogP contribution in [0, 0.1) is 0 Å². The Morgan fingerprint density at radius 2 is 2.00 bits per heavy atom. The van der Waals surface area contributed by atoms with E-state index in [0.29, 0.717) is 37.8 Å². The molecule has 2 aromatic rings. The second-order valence-electron chi connectivity index (χ2n) is 5.28. The quantitative estimate of drug-likeness (QED) is 0.801. The highest BCUT2D eigenvalue weighted by atomic mass is 16.5. The molecule has 0 aliphatic carbocycles. The van der Waals surface area contributed by atoms with Gasteiger partial charge in [-0.05, 0) is 12.1 Å². The standard InChI is InChI=1S/C17H20N4O3/c22-17(14-4-2-1-3-5-14)18-6-9-24-16-12-15(19-13-20-16)21-7-10-23-11-8-21/h1-5,12-13H,6-11H2,(H,18,22). The fourth-order valence-electron chi connectivity index (χ4n) is 2.39. The summed E-state index contributed by atoms with van der Waals surface area (Å²) in [6.07, 6.45) is 1.49. The van der Waals surface area contributed by atoms with Gasteiger partial charge in [0.1, 0.15) is 18.8 Å². The third-order valence-corrected chi connectivity index (χ3v) is 3.64. The number of anilines is 1. The molecule has 2 heterocycles. The molecule has 1 aromatic carbocycles. The maximum atomic E-state index is 11.9. The molecule has 0 radical (unpaired) electrons. The molecule has 1 aliphatic heterocycles. The number of carbonyl (C=O) groups is 1. The van der Waals surface area contributed by atoms with E-state index >= 15 is 0 Å². The highest BCUT2D eigenvalue weighted by Gasteiger charge is 2.13. The van der Waals surface area contributed by atoms with Gasteiger partial charge < -0.3 is 19.7 Å². The Bertz CT molecular complexity index is 660. The molecule has 3 rings (SSSR count). The van der Waals surface area contributed by atoms with E-state index < -0.39 is 0 Å². The molecule has 1 aromatic heterocycles. The van der Waals surface area contributed by atoms with Crippen molar-refractivity contribution in [3.8, 4) is 5.88 Å². The number of aromatic nitrogens is 2. The molecule has 0 bridgehead atoms. The van der Waals surface area contributed by atoms with E-state index in [2.05, 4.69) is 20.2 Å². The predicted octanol–water partition coefficient (Wildman–Crippen LogP) is 1.12. The van der Waals surface area contributed by atoms with Crippen LogP contribution in [-0.2, 0) is 4.74 Å². The van der Waals surface area contributed by atoms with Crippen LogP contribution in [0.3, 0.4) is 0 Å². The topological polar surface area (TPSA) is 76.6 Å². The second kappa shape index (κ2) is 8.26. The number of morpholine rings is 1. The van der Waals surface area contributed by atoms with Crippen LogP contribution in [0.1, 0.15) is 10.4 Å². The fourth-order valence-corrected chi connectivity index (χ4v) is 2.39. The molecule has 0 spiro atoms. The lowest BCUT2D eigenvalue weighted by atomic mass is 10.2. The van der Waals surface area contributed by atoms with Gasteiger partial charge in [-0.1, -0.05) is 18.2 Å². The number of nitrogens with one attached hydrogen (secondary N) is 1. The number of ether oxygens (including phenoxy) is 2. The molecule has 0 atom stereocenters. The van der Waals surface area contributed by atoms with Gasteiger partial charge in [-0.25, -0.2) is 9.97 Å². The van der Waals surface area contributed by atoms with Crippen LogP contribution < -0.4 is 15.0 Å². The molecule has 1 saturated heterocycles. The molecule has 7 heteroatoms. The van der Waals surface area contributed by atoms with Gasteiger partial charge in [0.15, 0.2) is 0 Å². The molecule has 0 saturated carbocycles. The van der Waals surface area contributed by atoms with E-state index in [0.717, 1.165) is 18.9 Å². The molecule has 1 amide bonds. The zero-order valence-electron chi connectivity index (χ0n) is 13.4. The van der Waals surface area contributed by atoms with Gasteiger partial charge in [0, 0.05) is 24.7 Å². The molecule has 126 valence electrons.